The summed E-state index contributed by atoms with van der Waals surface area (Å²) in [5.41, 5.74) is 1.03. The average Bonchev–Trinajstić information content (AvgIpc) is 2.53. The van der Waals surface area contributed by atoms with Crippen molar-refractivity contribution < 1.29 is 32.3 Å². The van der Waals surface area contributed by atoms with Crippen molar-refractivity contribution in [2.45, 2.75) is 64.8 Å². The van der Waals surface area contributed by atoms with Crippen molar-refractivity contribution in [1.29, 1.82) is 0 Å². The zero-order valence-electron chi connectivity index (χ0n) is 16.6. The summed E-state index contributed by atoms with van der Waals surface area (Å²) >= 11 is 0. The van der Waals surface area contributed by atoms with Crippen LogP contribution in [0.5, 0.6) is 0 Å². The van der Waals surface area contributed by atoms with Gasteiger partial charge >= 0.3 is 12.3 Å². The van der Waals surface area contributed by atoms with Gasteiger partial charge in [-0.15, -0.1) is 0 Å². The Balaban J connectivity index is 2.58. The van der Waals surface area contributed by atoms with Crippen molar-refractivity contribution in [3.8, 4) is 0 Å². The molecule has 1 rings (SSSR count). The Labute approximate surface area is 162 Å². The van der Waals surface area contributed by atoms with Gasteiger partial charge < -0.3 is 10.1 Å². The monoisotopic (exact) mass is 404 g/mol. The SMILES string of the molecule is CC[C@H](C(=O)NOC[C@H](C)NC(=O)OC(C)(C)C)c1cccc(C(F)(F)F)c1. The molecule has 0 radical (unpaired) electrons. The molecule has 0 saturated heterocycles. The van der Waals surface area contributed by atoms with Crippen LogP contribution in [0, 0.1) is 0 Å². The molecule has 2 amide bonds. The molecule has 2 N–H and O–H groups in total. The molecule has 0 saturated carbocycles. The van der Waals surface area contributed by atoms with Gasteiger partial charge in [0.05, 0.1) is 24.1 Å². The standard InChI is InChI=1S/C19H27F3N2O4/c1-6-15(13-8-7-9-14(10-13)19(20,21)22)16(25)24-27-11-12(2)23-17(26)28-18(3,4)5/h7-10,12,15H,6,11H2,1-5H3,(H,23,26)(H,24,25)/t12-,15-/m0/s1. The van der Waals surface area contributed by atoms with Crippen LogP contribution >= 0.6 is 0 Å². The van der Waals surface area contributed by atoms with Crippen molar-refractivity contribution in [2.24, 2.45) is 0 Å². The number of hydrogen-bond acceptors (Lipinski definition) is 4. The van der Waals surface area contributed by atoms with Crippen molar-refractivity contribution in [3.05, 3.63) is 35.4 Å². The van der Waals surface area contributed by atoms with E-state index >= 15 is 0 Å². The van der Waals surface area contributed by atoms with Crippen LogP contribution in [-0.2, 0) is 20.5 Å². The molecule has 0 fully saturated rings. The van der Waals surface area contributed by atoms with Gasteiger partial charge in [0.1, 0.15) is 5.60 Å². The third-order valence-corrected chi connectivity index (χ3v) is 3.61. The van der Waals surface area contributed by atoms with Crippen molar-refractivity contribution >= 4 is 12.0 Å². The zero-order valence-corrected chi connectivity index (χ0v) is 16.6. The number of hydrogen-bond donors (Lipinski definition) is 2. The molecule has 0 unspecified atom stereocenters. The lowest BCUT2D eigenvalue weighted by Crippen LogP contribution is -2.41. The second-order valence-electron chi connectivity index (χ2n) is 7.41. The third kappa shape index (κ3) is 8.16. The summed E-state index contributed by atoms with van der Waals surface area (Å²) < 4.78 is 43.7. The van der Waals surface area contributed by atoms with Crippen LogP contribution in [0.1, 0.15) is 58.1 Å². The molecule has 158 valence electrons. The largest absolute Gasteiger partial charge is 0.444 e. The lowest BCUT2D eigenvalue weighted by atomic mass is 9.94. The summed E-state index contributed by atoms with van der Waals surface area (Å²) in [5, 5.41) is 2.55. The minimum atomic E-state index is -4.48. The number of carbonyl (C=O) groups is 2. The van der Waals surface area contributed by atoms with Gasteiger partial charge in [0, 0.05) is 0 Å². The number of amides is 2. The first kappa shape index (κ1) is 23.7. The first-order chi connectivity index (χ1) is 12.8. The first-order valence-electron chi connectivity index (χ1n) is 8.91. The maximum Gasteiger partial charge on any atom is 0.416 e. The van der Waals surface area contributed by atoms with Gasteiger partial charge in [-0.25, -0.2) is 10.3 Å². The Kier molecular flexibility index (Phi) is 8.29. The van der Waals surface area contributed by atoms with E-state index in [0.717, 1.165) is 12.1 Å². The minimum Gasteiger partial charge on any atom is -0.444 e. The van der Waals surface area contributed by atoms with Gasteiger partial charge in [-0.05, 0) is 45.7 Å². The molecule has 2 atom stereocenters. The number of ether oxygens (including phenoxy) is 1. The molecule has 6 nitrogen and oxygen atoms in total. The molecule has 0 aliphatic heterocycles. The Bertz CT molecular complexity index is 672. The summed E-state index contributed by atoms with van der Waals surface area (Å²) in [7, 11) is 0. The molecule has 0 aliphatic carbocycles. The number of nitrogens with one attached hydrogen (secondary N) is 2. The number of alkyl halides is 3. The Morgan fingerprint density at radius 1 is 1.18 bits per heavy atom. The molecule has 0 aromatic heterocycles. The van der Waals surface area contributed by atoms with E-state index in [2.05, 4.69) is 10.8 Å². The zero-order chi connectivity index (χ0) is 21.5. The molecule has 1 aromatic carbocycles. The number of benzene rings is 1. The van der Waals surface area contributed by atoms with E-state index in [4.69, 9.17) is 9.57 Å². The number of rotatable bonds is 7. The predicted molar refractivity (Wildman–Crippen MR) is 97.4 cm³/mol. The molecular formula is C19H27F3N2O4. The van der Waals surface area contributed by atoms with Crippen LogP contribution in [0.25, 0.3) is 0 Å². The number of alkyl carbamates (subject to hydrolysis) is 1. The lowest BCUT2D eigenvalue weighted by Gasteiger charge is -2.22. The van der Waals surface area contributed by atoms with E-state index < -0.39 is 41.3 Å². The number of carbonyl (C=O) groups excluding carboxylic acids is 2. The summed E-state index contributed by atoms with van der Waals surface area (Å²) in [6.45, 7) is 8.49. The lowest BCUT2D eigenvalue weighted by molar-refractivity contribution is -0.138. The van der Waals surface area contributed by atoms with E-state index in [9.17, 15) is 22.8 Å². The summed E-state index contributed by atoms with van der Waals surface area (Å²) in [5.74, 6) is -1.36. The van der Waals surface area contributed by atoms with Gasteiger partial charge in [0.2, 0.25) is 0 Å². The fraction of sp³-hybridized carbons (Fsp3) is 0.579. The smallest absolute Gasteiger partial charge is 0.416 e. The minimum absolute atomic E-state index is 0.0377. The van der Waals surface area contributed by atoms with Gasteiger partial charge in [0.25, 0.3) is 5.91 Å². The highest BCUT2D eigenvalue weighted by atomic mass is 19.4. The van der Waals surface area contributed by atoms with Crippen molar-refractivity contribution in [2.75, 3.05) is 6.61 Å². The Morgan fingerprint density at radius 3 is 2.36 bits per heavy atom. The van der Waals surface area contributed by atoms with Crippen LogP contribution in [0.15, 0.2) is 24.3 Å². The van der Waals surface area contributed by atoms with Gasteiger partial charge in [-0.3, -0.25) is 9.63 Å². The summed E-state index contributed by atoms with van der Waals surface area (Å²) in [6.07, 6.45) is -4.81. The molecule has 0 spiro atoms. The summed E-state index contributed by atoms with van der Waals surface area (Å²) in [6, 6.07) is 4.19. The van der Waals surface area contributed by atoms with Crippen LogP contribution in [0.4, 0.5) is 18.0 Å². The highest BCUT2D eigenvalue weighted by Gasteiger charge is 2.31. The van der Waals surface area contributed by atoms with Crippen LogP contribution in [-0.4, -0.2) is 30.3 Å². The number of hydroxylamine groups is 1. The molecule has 9 heteroatoms. The van der Waals surface area contributed by atoms with E-state index in [1.54, 1.807) is 34.6 Å². The molecular weight excluding hydrogens is 377 g/mol. The molecule has 0 bridgehead atoms. The van der Waals surface area contributed by atoms with E-state index in [1.165, 1.54) is 12.1 Å². The second kappa shape index (κ2) is 9.77. The second-order valence-corrected chi connectivity index (χ2v) is 7.41. The van der Waals surface area contributed by atoms with Crippen LogP contribution in [0.2, 0.25) is 0 Å². The molecule has 0 heterocycles. The fourth-order valence-electron chi connectivity index (χ4n) is 2.36. The van der Waals surface area contributed by atoms with Crippen molar-refractivity contribution in [1.82, 2.24) is 10.8 Å². The first-order valence-corrected chi connectivity index (χ1v) is 8.91. The highest BCUT2D eigenvalue weighted by molar-refractivity contribution is 5.82. The maximum absolute atomic E-state index is 12.9. The third-order valence-electron chi connectivity index (χ3n) is 3.61. The topological polar surface area (TPSA) is 76.7 Å². The van der Waals surface area contributed by atoms with Crippen LogP contribution in [0.3, 0.4) is 0 Å². The Morgan fingerprint density at radius 2 is 1.82 bits per heavy atom. The van der Waals surface area contributed by atoms with Gasteiger partial charge in [-0.2, -0.15) is 13.2 Å². The van der Waals surface area contributed by atoms with E-state index in [1.807, 2.05) is 0 Å². The molecule has 0 aliphatic rings. The van der Waals surface area contributed by atoms with Gasteiger partial charge in [-0.1, -0.05) is 25.1 Å². The maximum atomic E-state index is 12.9. The molecule has 28 heavy (non-hydrogen) atoms. The summed E-state index contributed by atoms with van der Waals surface area (Å²) in [4.78, 5) is 29.0. The quantitative estimate of drug-likeness (QED) is 0.669. The van der Waals surface area contributed by atoms with E-state index in [-0.39, 0.29) is 12.2 Å². The molecule has 1 aromatic rings. The van der Waals surface area contributed by atoms with Crippen molar-refractivity contribution in [3.63, 3.8) is 0 Å². The van der Waals surface area contributed by atoms with Gasteiger partial charge in [0.15, 0.2) is 0 Å². The highest BCUT2D eigenvalue weighted by Crippen LogP contribution is 2.31. The normalized spacial score (nSPS) is 14.1. The Hall–Kier alpha value is -2.29. The fourth-order valence-corrected chi connectivity index (χ4v) is 2.36. The van der Waals surface area contributed by atoms with E-state index in [0.29, 0.717) is 6.42 Å². The average molecular weight is 404 g/mol. The number of halogens is 3. The van der Waals surface area contributed by atoms with Crippen LogP contribution < -0.4 is 10.8 Å². The predicted octanol–water partition coefficient (Wildman–Crippen LogP) is 4.16.